The van der Waals surface area contributed by atoms with E-state index in [0.717, 1.165) is 32.4 Å². The smallest absolute Gasteiger partial charge is 0.225 e. The molecule has 2 heterocycles. The van der Waals surface area contributed by atoms with Crippen LogP contribution < -0.4 is 5.32 Å². The van der Waals surface area contributed by atoms with Crippen molar-refractivity contribution in [3.05, 3.63) is 0 Å². The third-order valence-electron chi connectivity index (χ3n) is 5.44. The van der Waals surface area contributed by atoms with E-state index in [0.29, 0.717) is 19.0 Å². The molecule has 5 heteroatoms. The van der Waals surface area contributed by atoms with Gasteiger partial charge in [-0.15, -0.1) is 0 Å². The molecule has 1 aliphatic carbocycles. The van der Waals surface area contributed by atoms with Crippen molar-refractivity contribution in [2.75, 3.05) is 32.7 Å². The monoisotopic (exact) mass is 307 g/mol. The zero-order valence-electron chi connectivity index (χ0n) is 13.6. The Balaban J connectivity index is 1.36. The lowest BCUT2D eigenvalue weighted by Gasteiger charge is -2.23. The van der Waals surface area contributed by atoms with Crippen LogP contribution >= 0.6 is 0 Å². The fraction of sp³-hybridized carbons (Fsp3) is 0.882. The first kappa shape index (κ1) is 15.8. The summed E-state index contributed by atoms with van der Waals surface area (Å²) < 4.78 is 0. The van der Waals surface area contributed by atoms with E-state index in [4.69, 9.17) is 0 Å². The lowest BCUT2D eigenvalue weighted by molar-refractivity contribution is -0.130. The van der Waals surface area contributed by atoms with Gasteiger partial charge in [0.15, 0.2) is 0 Å². The number of hydrogen-bond donors (Lipinski definition) is 1. The molecule has 1 saturated carbocycles. The van der Waals surface area contributed by atoms with Crippen molar-refractivity contribution >= 4 is 11.8 Å². The molecule has 0 radical (unpaired) electrons. The molecule has 124 valence electrons. The first-order valence-corrected chi connectivity index (χ1v) is 9.03. The number of carbonyl (C=O) groups is 2. The van der Waals surface area contributed by atoms with Gasteiger partial charge in [-0.2, -0.15) is 0 Å². The predicted octanol–water partition coefficient (Wildman–Crippen LogP) is 1.38. The molecule has 0 aromatic heterocycles. The molecular formula is C17H29N3O2. The maximum absolute atomic E-state index is 12.2. The van der Waals surface area contributed by atoms with Crippen LogP contribution in [0.1, 0.15) is 51.4 Å². The number of carbonyl (C=O) groups excluding carboxylic acids is 2. The number of nitrogens with zero attached hydrogens (tertiary/aromatic N) is 2. The topological polar surface area (TPSA) is 52.7 Å². The molecule has 3 fully saturated rings. The standard InChI is InChI=1S/C17H29N3O2/c21-16-12-14(13-20(16)15-6-1-2-7-15)17(22)18-8-5-11-19-9-3-4-10-19/h14-15H,1-13H2,(H,18,22). The highest BCUT2D eigenvalue weighted by molar-refractivity contribution is 5.89. The first-order valence-electron chi connectivity index (χ1n) is 9.03. The van der Waals surface area contributed by atoms with Crippen LogP contribution in [-0.2, 0) is 9.59 Å². The Bertz CT molecular complexity index is 401. The molecule has 2 amide bonds. The second-order valence-corrected chi connectivity index (χ2v) is 7.08. The van der Waals surface area contributed by atoms with Crippen LogP contribution in [0, 0.1) is 5.92 Å². The molecule has 0 aromatic rings. The van der Waals surface area contributed by atoms with E-state index in [1.54, 1.807) is 0 Å². The average molecular weight is 307 g/mol. The van der Waals surface area contributed by atoms with Gasteiger partial charge < -0.3 is 15.1 Å². The lowest BCUT2D eigenvalue weighted by atomic mass is 10.1. The average Bonchev–Trinajstić information content (AvgIpc) is 3.24. The highest BCUT2D eigenvalue weighted by Gasteiger charge is 2.38. The second-order valence-electron chi connectivity index (χ2n) is 7.08. The molecule has 3 aliphatic rings. The van der Waals surface area contributed by atoms with Crippen molar-refractivity contribution in [2.45, 2.75) is 57.4 Å². The zero-order chi connectivity index (χ0) is 15.4. The van der Waals surface area contributed by atoms with Crippen molar-refractivity contribution in [3.63, 3.8) is 0 Å². The van der Waals surface area contributed by atoms with Crippen LogP contribution in [-0.4, -0.2) is 60.4 Å². The van der Waals surface area contributed by atoms with Gasteiger partial charge in [-0.05, 0) is 51.7 Å². The molecule has 1 atom stereocenters. The number of rotatable bonds is 6. The fourth-order valence-electron chi connectivity index (χ4n) is 4.14. The minimum absolute atomic E-state index is 0.0790. The number of amides is 2. The van der Waals surface area contributed by atoms with Crippen LogP contribution in [0.15, 0.2) is 0 Å². The van der Waals surface area contributed by atoms with Crippen LogP contribution in [0.5, 0.6) is 0 Å². The highest BCUT2D eigenvalue weighted by atomic mass is 16.2. The Morgan fingerprint density at radius 3 is 2.59 bits per heavy atom. The first-order chi connectivity index (χ1) is 10.7. The van der Waals surface area contributed by atoms with Gasteiger partial charge in [0.25, 0.3) is 0 Å². The number of hydrogen-bond acceptors (Lipinski definition) is 3. The summed E-state index contributed by atoms with van der Waals surface area (Å²) in [6, 6.07) is 0.403. The molecular weight excluding hydrogens is 278 g/mol. The van der Waals surface area contributed by atoms with Crippen molar-refractivity contribution in [2.24, 2.45) is 5.92 Å². The molecule has 22 heavy (non-hydrogen) atoms. The molecule has 0 bridgehead atoms. The minimum atomic E-state index is -0.125. The molecule has 1 N–H and O–H groups in total. The van der Waals surface area contributed by atoms with Crippen molar-refractivity contribution < 1.29 is 9.59 Å². The van der Waals surface area contributed by atoms with Crippen molar-refractivity contribution in [1.29, 1.82) is 0 Å². The summed E-state index contributed by atoms with van der Waals surface area (Å²) in [6.45, 7) is 4.88. The SMILES string of the molecule is O=C(NCCCN1CCCC1)C1CC(=O)N(C2CCCC2)C1. The maximum Gasteiger partial charge on any atom is 0.225 e. The lowest BCUT2D eigenvalue weighted by Crippen LogP contribution is -2.37. The van der Waals surface area contributed by atoms with E-state index in [-0.39, 0.29) is 17.7 Å². The van der Waals surface area contributed by atoms with Gasteiger partial charge in [0.05, 0.1) is 5.92 Å². The van der Waals surface area contributed by atoms with E-state index in [1.807, 2.05) is 4.90 Å². The summed E-state index contributed by atoms with van der Waals surface area (Å²) in [4.78, 5) is 28.8. The van der Waals surface area contributed by atoms with E-state index in [1.165, 1.54) is 38.8 Å². The highest BCUT2D eigenvalue weighted by Crippen LogP contribution is 2.29. The van der Waals surface area contributed by atoms with Gasteiger partial charge >= 0.3 is 0 Å². The molecule has 3 rings (SSSR count). The molecule has 0 spiro atoms. The normalized spacial score (nSPS) is 27.0. The van der Waals surface area contributed by atoms with E-state index >= 15 is 0 Å². The Hall–Kier alpha value is -1.10. The predicted molar refractivity (Wildman–Crippen MR) is 85.4 cm³/mol. The van der Waals surface area contributed by atoms with Crippen LogP contribution in [0.2, 0.25) is 0 Å². The Morgan fingerprint density at radius 1 is 1.14 bits per heavy atom. The summed E-state index contributed by atoms with van der Waals surface area (Å²) in [5.41, 5.74) is 0. The molecule has 5 nitrogen and oxygen atoms in total. The van der Waals surface area contributed by atoms with Crippen molar-refractivity contribution in [1.82, 2.24) is 15.1 Å². The largest absolute Gasteiger partial charge is 0.356 e. The third-order valence-corrected chi connectivity index (χ3v) is 5.44. The minimum Gasteiger partial charge on any atom is -0.356 e. The van der Waals surface area contributed by atoms with Gasteiger partial charge in [0.1, 0.15) is 0 Å². The molecule has 2 aliphatic heterocycles. The molecule has 0 aromatic carbocycles. The van der Waals surface area contributed by atoms with Crippen LogP contribution in [0.4, 0.5) is 0 Å². The fourth-order valence-corrected chi connectivity index (χ4v) is 4.14. The third kappa shape index (κ3) is 3.80. The number of likely N-dealkylation sites (tertiary alicyclic amines) is 2. The summed E-state index contributed by atoms with van der Waals surface area (Å²) >= 11 is 0. The molecule has 1 unspecified atom stereocenters. The van der Waals surface area contributed by atoms with Gasteiger partial charge in [-0.1, -0.05) is 12.8 Å². The Labute approximate surface area is 133 Å². The van der Waals surface area contributed by atoms with Gasteiger partial charge in [0.2, 0.25) is 11.8 Å². The van der Waals surface area contributed by atoms with Crippen LogP contribution in [0.25, 0.3) is 0 Å². The zero-order valence-corrected chi connectivity index (χ0v) is 13.6. The summed E-state index contributed by atoms with van der Waals surface area (Å²) in [7, 11) is 0. The van der Waals surface area contributed by atoms with Crippen LogP contribution in [0.3, 0.4) is 0 Å². The summed E-state index contributed by atoms with van der Waals surface area (Å²) in [6.07, 6.45) is 8.74. The molecule has 2 saturated heterocycles. The van der Waals surface area contributed by atoms with Gasteiger partial charge in [-0.25, -0.2) is 0 Å². The van der Waals surface area contributed by atoms with E-state index in [2.05, 4.69) is 10.2 Å². The second kappa shape index (κ2) is 7.44. The van der Waals surface area contributed by atoms with Gasteiger partial charge in [-0.3, -0.25) is 9.59 Å². The summed E-state index contributed by atoms with van der Waals surface area (Å²) in [5.74, 6) is 0.138. The Morgan fingerprint density at radius 2 is 1.86 bits per heavy atom. The Kier molecular flexibility index (Phi) is 5.34. The number of nitrogens with one attached hydrogen (secondary N) is 1. The van der Waals surface area contributed by atoms with E-state index in [9.17, 15) is 9.59 Å². The quantitative estimate of drug-likeness (QED) is 0.754. The van der Waals surface area contributed by atoms with Gasteiger partial charge in [0, 0.05) is 25.6 Å². The van der Waals surface area contributed by atoms with Crippen molar-refractivity contribution in [3.8, 4) is 0 Å². The van der Waals surface area contributed by atoms with E-state index < -0.39 is 0 Å². The summed E-state index contributed by atoms with van der Waals surface area (Å²) in [5, 5.41) is 3.04. The maximum atomic E-state index is 12.2.